The first-order valence-corrected chi connectivity index (χ1v) is 9.72. The molecule has 0 amide bonds. The molecule has 9 heteroatoms. The molecule has 1 aliphatic heterocycles. The number of ketones is 1. The topological polar surface area (TPSA) is 88.9 Å². The molecule has 4 unspecified atom stereocenters. The number of pyridine rings is 1. The Balaban J connectivity index is 1.72. The highest BCUT2D eigenvalue weighted by Gasteiger charge is 2.45. The summed E-state index contributed by atoms with van der Waals surface area (Å²) in [6, 6.07) is 1.82. The molecule has 0 aromatic carbocycles. The minimum absolute atomic E-state index is 0.0419. The number of carbonyl (C=O) groups excluding carboxylic acids is 1. The Hall–Kier alpha value is -1.97. The van der Waals surface area contributed by atoms with Gasteiger partial charge in [-0.3, -0.25) is 4.79 Å². The lowest BCUT2D eigenvalue weighted by Gasteiger charge is -2.27. The molecule has 4 atom stereocenters. The van der Waals surface area contributed by atoms with E-state index in [9.17, 15) is 28.2 Å². The summed E-state index contributed by atoms with van der Waals surface area (Å²) in [5.74, 6) is -1.28. The Morgan fingerprint density at radius 1 is 1.28 bits per heavy atom. The molecule has 0 spiro atoms. The van der Waals surface area contributed by atoms with Gasteiger partial charge < -0.3 is 19.7 Å². The Kier molecular flexibility index (Phi) is 5.39. The molecular formula is C20H22F3NO5. The number of aromatic nitrogens is 1. The lowest BCUT2D eigenvalue weighted by Crippen LogP contribution is -2.34. The summed E-state index contributed by atoms with van der Waals surface area (Å²) in [6.07, 6.45) is -3.08. The van der Waals surface area contributed by atoms with Crippen molar-refractivity contribution < 1.29 is 37.7 Å². The number of hydrogen-bond acceptors (Lipinski definition) is 6. The van der Waals surface area contributed by atoms with Gasteiger partial charge in [0.2, 0.25) is 0 Å². The zero-order chi connectivity index (χ0) is 20.8. The third kappa shape index (κ3) is 3.91. The number of carbonyl (C=O) groups is 1. The van der Waals surface area contributed by atoms with E-state index in [1.807, 2.05) is 0 Å². The molecule has 3 fully saturated rings. The summed E-state index contributed by atoms with van der Waals surface area (Å²) >= 11 is 0. The second-order valence-electron chi connectivity index (χ2n) is 7.78. The second kappa shape index (κ2) is 7.70. The molecule has 2 N–H and O–H groups in total. The molecule has 1 aromatic heterocycles. The van der Waals surface area contributed by atoms with Crippen molar-refractivity contribution in [1.82, 2.24) is 4.98 Å². The van der Waals surface area contributed by atoms with E-state index in [0.717, 1.165) is 18.6 Å². The molecule has 2 aliphatic carbocycles. The average Bonchev–Trinajstić information content (AvgIpc) is 3.35. The summed E-state index contributed by atoms with van der Waals surface area (Å²) < 4.78 is 50.2. The minimum atomic E-state index is -4.67. The number of ether oxygens (including phenoxy) is 2. The van der Waals surface area contributed by atoms with E-state index in [1.165, 1.54) is 0 Å². The van der Waals surface area contributed by atoms with E-state index >= 15 is 0 Å². The van der Waals surface area contributed by atoms with Crippen molar-refractivity contribution in [2.45, 2.75) is 57.3 Å². The smallest absolute Gasteiger partial charge is 0.433 e. The number of nitrogens with zero attached hydrogens (tertiary/aromatic N) is 1. The second-order valence-corrected chi connectivity index (χ2v) is 7.78. The highest BCUT2D eigenvalue weighted by molar-refractivity contribution is 6.05. The van der Waals surface area contributed by atoms with Gasteiger partial charge in [0.05, 0.1) is 24.0 Å². The highest BCUT2D eigenvalue weighted by atomic mass is 19.4. The maximum atomic E-state index is 13.1. The third-order valence-electron chi connectivity index (χ3n) is 5.92. The zero-order valence-corrected chi connectivity index (χ0v) is 15.6. The molecule has 6 nitrogen and oxygen atoms in total. The molecule has 4 rings (SSSR count). The van der Waals surface area contributed by atoms with Crippen molar-refractivity contribution >= 4 is 11.5 Å². The SMILES string of the molecule is O=C1C(=C(O)c2ccc(C(F)(F)F)nc2COC2CCCO2)C(O)C2CCC1C2. The Morgan fingerprint density at radius 3 is 2.76 bits per heavy atom. The quantitative estimate of drug-likeness (QED) is 0.581. The highest BCUT2D eigenvalue weighted by Crippen LogP contribution is 2.44. The number of hydrogen-bond donors (Lipinski definition) is 2. The number of halogens is 3. The van der Waals surface area contributed by atoms with Crippen LogP contribution in [0.3, 0.4) is 0 Å². The molecule has 2 bridgehead atoms. The van der Waals surface area contributed by atoms with Crippen LogP contribution in [-0.4, -0.2) is 40.0 Å². The van der Waals surface area contributed by atoms with Crippen LogP contribution in [0.4, 0.5) is 13.2 Å². The summed E-state index contributed by atoms with van der Waals surface area (Å²) in [4.78, 5) is 16.3. The van der Waals surface area contributed by atoms with Crippen LogP contribution >= 0.6 is 0 Å². The summed E-state index contributed by atoms with van der Waals surface area (Å²) in [6.45, 7) is 0.185. The van der Waals surface area contributed by atoms with Crippen LogP contribution in [0, 0.1) is 11.8 Å². The first kappa shape index (κ1) is 20.3. The number of Topliss-reactive ketones (excluding diaryl/α,β-unsaturated/α-hetero) is 1. The molecule has 1 saturated heterocycles. The van der Waals surface area contributed by atoms with Gasteiger partial charge in [0.25, 0.3) is 0 Å². The van der Waals surface area contributed by atoms with Crippen molar-refractivity contribution in [3.05, 3.63) is 34.7 Å². The maximum Gasteiger partial charge on any atom is 0.433 e. The van der Waals surface area contributed by atoms with Crippen LogP contribution in [0.15, 0.2) is 17.7 Å². The van der Waals surface area contributed by atoms with Crippen molar-refractivity contribution in [3.63, 3.8) is 0 Å². The van der Waals surface area contributed by atoms with Gasteiger partial charge in [-0.1, -0.05) is 0 Å². The van der Waals surface area contributed by atoms with E-state index in [-0.39, 0.29) is 41.1 Å². The predicted octanol–water partition coefficient (Wildman–Crippen LogP) is 3.38. The Bertz CT molecular complexity index is 832. The standard InChI is InChI=1S/C20H22F3NO5/c21-20(22,23)14-6-5-12(13(24-14)9-29-15-2-1-7-28-15)19(27)16-17(25)10-3-4-11(8-10)18(16)26/h5-6,10-11,15,17,25,27H,1-4,7-9H2. The normalized spacial score (nSPS) is 31.4. The number of aliphatic hydroxyl groups is 2. The minimum Gasteiger partial charge on any atom is -0.507 e. The van der Waals surface area contributed by atoms with E-state index in [2.05, 4.69) is 4.98 Å². The van der Waals surface area contributed by atoms with E-state index < -0.39 is 30.0 Å². The van der Waals surface area contributed by atoms with E-state index in [0.29, 0.717) is 32.3 Å². The molecule has 2 saturated carbocycles. The fraction of sp³-hybridized carbons (Fsp3) is 0.600. The fourth-order valence-corrected chi connectivity index (χ4v) is 4.38. The van der Waals surface area contributed by atoms with Crippen molar-refractivity contribution in [3.8, 4) is 0 Å². The van der Waals surface area contributed by atoms with Gasteiger partial charge in [-0.15, -0.1) is 0 Å². The third-order valence-corrected chi connectivity index (χ3v) is 5.92. The first-order chi connectivity index (χ1) is 13.8. The van der Waals surface area contributed by atoms with Gasteiger partial charge in [0, 0.05) is 24.5 Å². The lowest BCUT2D eigenvalue weighted by molar-refractivity contribution is -0.142. The molecular weight excluding hydrogens is 391 g/mol. The maximum absolute atomic E-state index is 13.1. The number of fused-ring (bicyclic) bond motifs is 2. The van der Waals surface area contributed by atoms with Crippen LogP contribution in [0.25, 0.3) is 5.76 Å². The summed E-state index contributed by atoms with van der Waals surface area (Å²) in [5.41, 5.74) is -1.46. The first-order valence-electron chi connectivity index (χ1n) is 9.72. The van der Waals surface area contributed by atoms with E-state index in [4.69, 9.17) is 9.47 Å². The van der Waals surface area contributed by atoms with Gasteiger partial charge in [-0.2, -0.15) is 13.2 Å². The largest absolute Gasteiger partial charge is 0.507 e. The van der Waals surface area contributed by atoms with Crippen LogP contribution in [-0.2, 0) is 27.1 Å². The van der Waals surface area contributed by atoms with Gasteiger partial charge in [0.15, 0.2) is 12.1 Å². The number of rotatable bonds is 4. The van der Waals surface area contributed by atoms with Crippen molar-refractivity contribution in [1.29, 1.82) is 0 Å². The van der Waals surface area contributed by atoms with Crippen LogP contribution in [0.5, 0.6) is 0 Å². The summed E-state index contributed by atoms with van der Waals surface area (Å²) in [7, 11) is 0. The van der Waals surface area contributed by atoms with Crippen LogP contribution < -0.4 is 0 Å². The zero-order valence-electron chi connectivity index (χ0n) is 15.6. The van der Waals surface area contributed by atoms with Crippen LogP contribution in [0.1, 0.15) is 49.1 Å². The molecule has 2 heterocycles. The van der Waals surface area contributed by atoms with Crippen LogP contribution in [0.2, 0.25) is 0 Å². The lowest BCUT2D eigenvalue weighted by atomic mass is 9.80. The van der Waals surface area contributed by atoms with Gasteiger partial charge in [-0.25, -0.2) is 4.98 Å². The average molecular weight is 413 g/mol. The molecule has 1 aromatic rings. The number of alkyl halides is 3. The summed E-state index contributed by atoms with van der Waals surface area (Å²) in [5, 5.41) is 21.4. The Labute approximate surface area is 165 Å². The van der Waals surface area contributed by atoms with Crippen molar-refractivity contribution in [2.75, 3.05) is 6.61 Å². The van der Waals surface area contributed by atoms with Gasteiger partial charge in [0.1, 0.15) is 11.5 Å². The molecule has 3 aliphatic rings. The predicted molar refractivity (Wildman–Crippen MR) is 94.4 cm³/mol. The molecule has 158 valence electrons. The van der Waals surface area contributed by atoms with E-state index in [1.54, 1.807) is 0 Å². The fourth-order valence-electron chi connectivity index (χ4n) is 4.38. The van der Waals surface area contributed by atoms with Gasteiger partial charge in [-0.05, 0) is 43.7 Å². The van der Waals surface area contributed by atoms with Gasteiger partial charge >= 0.3 is 6.18 Å². The van der Waals surface area contributed by atoms with Crippen molar-refractivity contribution in [2.24, 2.45) is 11.8 Å². The molecule has 0 radical (unpaired) electrons. The Morgan fingerprint density at radius 2 is 2.07 bits per heavy atom. The monoisotopic (exact) mass is 413 g/mol. The number of aliphatic hydroxyl groups excluding tert-OH is 2. The molecule has 29 heavy (non-hydrogen) atoms.